The van der Waals surface area contributed by atoms with Gasteiger partial charge in [-0.25, -0.2) is 0 Å². The Hall–Kier alpha value is -0.640. The molecule has 1 atom stereocenters. The second kappa shape index (κ2) is 4.72. The standard InChI is InChI=1S/C15H18ClNOS/c1-10(2)9-17-7-3-6-15(17)13-5-4-11(16)8-12(13)14(19)18-15/h4-5,8,10H,3,6-7,9H2,1-2H3. The maximum atomic E-state index is 6.15. The Morgan fingerprint density at radius 1 is 1.47 bits per heavy atom. The van der Waals surface area contributed by atoms with Crippen LogP contribution in [-0.2, 0) is 10.5 Å². The quantitative estimate of drug-likeness (QED) is 0.767. The molecule has 0 aromatic heterocycles. The van der Waals surface area contributed by atoms with Gasteiger partial charge >= 0.3 is 0 Å². The third kappa shape index (κ3) is 2.08. The zero-order valence-electron chi connectivity index (χ0n) is 11.3. The fraction of sp³-hybridized carbons (Fsp3) is 0.533. The van der Waals surface area contributed by atoms with E-state index in [1.165, 1.54) is 5.56 Å². The molecule has 0 bridgehead atoms. The van der Waals surface area contributed by atoms with Crippen LogP contribution in [0, 0.1) is 5.92 Å². The van der Waals surface area contributed by atoms with Gasteiger partial charge in [0.25, 0.3) is 0 Å². The average Bonchev–Trinajstić information content (AvgIpc) is 2.83. The van der Waals surface area contributed by atoms with Crippen molar-refractivity contribution in [2.75, 3.05) is 13.1 Å². The molecule has 0 amide bonds. The largest absolute Gasteiger partial charge is 0.457 e. The van der Waals surface area contributed by atoms with Crippen LogP contribution in [0.4, 0.5) is 0 Å². The topological polar surface area (TPSA) is 12.5 Å². The second-order valence-corrected chi connectivity index (χ2v) is 6.61. The molecule has 1 fully saturated rings. The summed E-state index contributed by atoms with van der Waals surface area (Å²) in [7, 11) is 0. The van der Waals surface area contributed by atoms with Crippen molar-refractivity contribution in [2.24, 2.45) is 5.92 Å². The minimum atomic E-state index is -0.332. The molecular formula is C15H18ClNOS. The van der Waals surface area contributed by atoms with Gasteiger partial charge in [0, 0.05) is 35.7 Å². The molecule has 1 unspecified atom stereocenters. The molecule has 4 heteroatoms. The highest BCUT2D eigenvalue weighted by Gasteiger charge is 2.51. The van der Waals surface area contributed by atoms with E-state index < -0.39 is 0 Å². The number of likely N-dealkylation sites (tertiary alicyclic amines) is 1. The number of benzene rings is 1. The summed E-state index contributed by atoms with van der Waals surface area (Å²) in [5.41, 5.74) is 1.86. The van der Waals surface area contributed by atoms with Crippen LogP contribution in [0.15, 0.2) is 18.2 Å². The van der Waals surface area contributed by atoms with Crippen molar-refractivity contribution >= 4 is 28.9 Å². The van der Waals surface area contributed by atoms with Gasteiger partial charge in [-0.15, -0.1) is 0 Å². The van der Waals surface area contributed by atoms with Gasteiger partial charge in [-0.05, 0) is 36.7 Å². The lowest BCUT2D eigenvalue weighted by Gasteiger charge is -2.35. The molecule has 3 rings (SSSR count). The summed E-state index contributed by atoms with van der Waals surface area (Å²) < 4.78 is 6.15. The lowest BCUT2D eigenvalue weighted by Crippen LogP contribution is -2.43. The van der Waals surface area contributed by atoms with Crippen molar-refractivity contribution in [3.05, 3.63) is 34.3 Å². The fourth-order valence-electron chi connectivity index (χ4n) is 3.24. The first-order valence-electron chi connectivity index (χ1n) is 6.81. The Kier molecular flexibility index (Phi) is 3.32. The summed E-state index contributed by atoms with van der Waals surface area (Å²) in [6.45, 7) is 6.58. The molecular weight excluding hydrogens is 278 g/mol. The summed E-state index contributed by atoms with van der Waals surface area (Å²) >= 11 is 11.5. The normalized spacial score (nSPS) is 26.2. The lowest BCUT2D eigenvalue weighted by molar-refractivity contribution is -0.0661. The van der Waals surface area contributed by atoms with Crippen molar-refractivity contribution in [2.45, 2.75) is 32.4 Å². The van der Waals surface area contributed by atoms with Gasteiger partial charge in [-0.3, -0.25) is 4.90 Å². The number of nitrogens with zero attached hydrogens (tertiary/aromatic N) is 1. The number of hydrogen-bond acceptors (Lipinski definition) is 3. The molecule has 2 nitrogen and oxygen atoms in total. The molecule has 0 aliphatic carbocycles. The number of fused-ring (bicyclic) bond motifs is 2. The Balaban J connectivity index is 2.05. The van der Waals surface area contributed by atoms with Gasteiger partial charge in [0.2, 0.25) is 0 Å². The van der Waals surface area contributed by atoms with Crippen LogP contribution in [0.3, 0.4) is 0 Å². The molecule has 2 heterocycles. The Labute approximate surface area is 124 Å². The zero-order chi connectivity index (χ0) is 13.6. The fourth-order valence-corrected chi connectivity index (χ4v) is 3.72. The van der Waals surface area contributed by atoms with E-state index in [2.05, 4.69) is 24.8 Å². The highest BCUT2D eigenvalue weighted by atomic mass is 35.5. The number of hydrogen-bond donors (Lipinski definition) is 0. The Morgan fingerprint density at radius 2 is 2.26 bits per heavy atom. The smallest absolute Gasteiger partial charge is 0.194 e. The van der Waals surface area contributed by atoms with Crippen molar-refractivity contribution in [3.63, 3.8) is 0 Å². The summed E-state index contributed by atoms with van der Waals surface area (Å²) in [5.74, 6) is 0.614. The number of halogens is 1. The molecule has 0 N–H and O–H groups in total. The van der Waals surface area contributed by atoms with Crippen LogP contribution < -0.4 is 0 Å². The van der Waals surface area contributed by atoms with E-state index in [0.717, 1.165) is 36.5 Å². The Morgan fingerprint density at radius 3 is 3.00 bits per heavy atom. The highest BCUT2D eigenvalue weighted by Crippen LogP contribution is 2.47. The van der Waals surface area contributed by atoms with Crippen LogP contribution in [0.1, 0.15) is 37.8 Å². The van der Waals surface area contributed by atoms with E-state index in [-0.39, 0.29) is 5.72 Å². The minimum Gasteiger partial charge on any atom is -0.457 e. The Bertz CT molecular complexity index is 531. The van der Waals surface area contributed by atoms with Crippen LogP contribution in [0.5, 0.6) is 0 Å². The second-order valence-electron chi connectivity index (χ2n) is 5.81. The molecule has 1 spiro atoms. The van der Waals surface area contributed by atoms with Crippen molar-refractivity contribution in [1.82, 2.24) is 4.90 Å². The van der Waals surface area contributed by atoms with E-state index in [9.17, 15) is 0 Å². The molecule has 19 heavy (non-hydrogen) atoms. The van der Waals surface area contributed by atoms with Gasteiger partial charge in [-0.2, -0.15) is 0 Å². The van der Waals surface area contributed by atoms with Crippen LogP contribution in [0.25, 0.3) is 0 Å². The molecule has 1 aromatic carbocycles. The maximum Gasteiger partial charge on any atom is 0.194 e. The van der Waals surface area contributed by atoms with Gasteiger partial charge in [0.1, 0.15) is 0 Å². The highest BCUT2D eigenvalue weighted by molar-refractivity contribution is 7.80. The zero-order valence-corrected chi connectivity index (χ0v) is 12.9. The molecule has 2 aliphatic rings. The number of rotatable bonds is 2. The predicted molar refractivity (Wildman–Crippen MR) is 81.6 cm³/mol. The van der Waals surface area contributed by atoms with Gasteiger partial charge in [0.15, 0.2) is 10.8 Å². The van der Waals surface area contributed by atoms with Crippen molar-refractivity contribution in [3.8, 4) is 0 Å². The van der Waals surface area contributed by atoms with E-state index in [1.807, 2.05) is 12.1 Å². The van der Waals surface area contributed by atoms with E-state index in [0.29, 0.717) is 11.0 Å². The van der Waals surface area contributed by atoms with E-state index in [4.69, 9.17) is 28.6 Å². The SMILES string of the molecule is CC(C)CN1CCCC12OC(=S)c1cc(Cl)ccc12. The molecule has 2 aliphatic heterocycles. The molecule has 1 saturated heterocycles. The molecule has 0 saturated carbocycles. The van der Waals surface area contributed by atoms with Crippen molar-refractivity contribution in [1.29, 1.82) is 0 Å². The molecule has 0 radical (unpaired) electrons. The van der Waals surface area contributed by atoms with Crippen LogP contribution in [0.2, 0.25) is 5.02 Å². The van der Waals surface area contributed by atoms with E-state index in [1.54, 1.807) is 0 Å². The van der Waals surface area contributed by atoms with E-state index >= 15 is 0 Å². The third-order valence-electron chi connectivity index (χ3n) is 3.92. The lowest BCUT2D eigenvalue weighted by atomic mass is 9.97. The first-order chi connectivity index (χ1) is 9.03. The molecule has 102 valence electrons. The van der Waals surface area contributed by atoms with Crippen LogP contribution in [-0.4, -0.2) is 23.0 Å². The van der Waals surface area contributed by atoms with Gasteiger partial charge in [-0.1, -0.05) is 31.5 Å². The molecule has 1 aromatic rings. The summed E-state index contributed by atoms with van der Waals surface area (Å²) in [5, 5.41) is 1.31. The third-order valence-corrected chi connectivity index (χ3v) is 4.46. The minimum absolute atomic E-state index is 0.332. The monoisotopic (exact) mass is 295 g/mol. The summed E-state index contributed by atoms with van der Waals surface area (Å²) in [4.78, 5) is 2.43. The summed E-state index contributed by atoms with van der Waals surface area (Å²) in [6, 6.07) is 5.95. The first kappa shape index (κ1) is 13.3. The van der Waals surface area contributed by atoms with Crippen LogP contribution >= 0.6 is 23.8 Å². The average molecular weight is 296 g/mol. The van der Waals surface area contributed by atoms with Crippen molar-refractivity contribution < 1.29 is 4.74 Å². The number of thiocarbonyl (C=S) groups is 1. The van der Waals surface area contributed by atoms with Gasteiger partial charge < -0.3 is 4.74 Å². The number of ether oxygens (including phenoxy) is 1. The summed E-state index contributed by atoms with van der Waals surface area (Å²) in [6.07, 6.45) is 2.16. The maximum absolute atomic E-state index is 6.15. The first-order valence-corrected chi connectivity index (χ1v) is 7.60. The van der Waals surface area contributed by atoms with Gasteiger partial charge in [0.05, 0.1) is 0 Å². The predicted octanol–water partition coefficient (Wildman–Crippen LogP) is 3.95.